The van der Waals surface area contributed by atoms with Crippen LogP contribution in [-0.2, 0) is 4.79 Å². The zero-order valence-corrected chi connectivity index (χ0v) is 20.2. The van der Waals surface area contributed by atoms with Gasteiger partial charge in [-0.2, -0.15) is 15.0 Å². The maximum absolute atomic E-state index is 11.7. The van der Waals surface area contributed by atoms with Crippen molar-refractivity contribution in [3.05, 3.63) is 42.5 Å². The lowest BCUT2D eigenvalue weighted by atomic mass is 10.0. The summed E-state index contributed by atoms with van der Waals surface area (Å²) in [6.07, 6.45) is 6.53. The predicted molar refractivity (Wildman–Crippen MR) is 131 cm³/mol. The van der Waals surface area contributed by atoms with Gasteiger partial charge >= 0.3 is 0 Å². The summed E-state index contributed by atoms with van der Waals surface area (Å²) < 4.78 is 3.30. The van der Waals surface area contributed by atoms with Crippen LogP contribution in [0.2, 0.25) is 0 Å². The first-order chi connectivity index (χ1) is 17.3. The number of fused-ring (bicyclic) bond motifs is 1. The fraction of sp³-hybridized carbons (Fsp3) is 0.375. The molecule has 5 heterocycles. The van der Waals surface area contributed by atoms with Crippen LogP contribution in [0.5, 0.6) is 0 Å². The second-order valence-electron chi connectivity index (χ2n) is 9.16. The number of nitrogens with zero attached hydrogens (tertiary/aromatic N) is 9. The number of carbonyl (C=O) groups is 1. The maximum atomic E-state index is 11.7. The number of β-amino-alcohol motifs (C(OH)–C–C–N with tert-alkyl or cyclic N) is 1. The average molecular weight is 487 g/mol. The van der Waals surface area contributed by atoms with E-state index in [0.29, 0.717) is 35.7 Å². The fourth-order valence-corrected chi connectivity index (χ4v) is 4.42. The van der Waals surface area contributed by atoms with Crippen LogP contribution in [0.15, 0.2) is 36.9 Å². The molecule has 0 aromatic carbocycles. The lowest BCUT2D eigenvalue weighted by Gasteiger charge is -2.35. The number of hydrogen-bond acceptors (Lipinski definition) is 9. The lowest BCUT2D eigenvalue weighted by Crippen LogP contribution is -2.46. The molecule has 1 aliphatic rings. The van der Waals surface area contributed by atoms with Gasteiger partial charge in [0.2, 0.25) is 5.91 Å². The Morgan fingerprint density at radius 3 is 2.81 bits per heavy atom. The van der Waals surface area contributed by atoms with Crippen LogP contribution >= 0.6 is 0 Å². The van der Waals surface area contributed by atoms with Gasteiger partial charge in [-0.25, -0.2) is 14.6 Å². The largest absolute Gasteiger partial charge is 0.389 e. The van der Waals surface area contributed by atoms with E-state index >= 15 is 0 Å². The molecule has 5 rings (SSSR count). The van der Waals surface area contributed by atoms with Crippen LogP contribution in [-0.4, -0.2) is 75.9 Å². The first kappa shape index (κ1) is 23.4. The highest BCUT2D eigenvalue weighted by Crippen LogP contribution is 2.30. The maximum Gasteiger partial charge on any atom is 0.219 e. The van der Waals surface area contributed by atoms with Crippen molar-refractivity contribution in [1.29, 1.82) is 5.26 Å². The lowest BCUT2D eigenvalue weighted by molar-refractivity contribution is -0.133. The number of carbonyl (C=O) groups excluding carboxylic acids is 1. The standard InChI is InChI=1S/C24H26N10O2/c1-14(2)29-19-7-23(34-24-17(10-28-34)6-16(8-25)9-27-24)26-11-18(19)20-12-33(31-30-20)21-4-5-32(15(3)35)13-22(21)36/h6-7,9-12,14,21-22,36H,4-5,13H2,1-3H3,(H,26,29)/t21-,22-/m0/s1. The van der Waals surface area contributed by atoms with Gasteiger partial charge in [0, 0.05) is 61.2 Å². The number of likely N-dealkylation sites (tertiary alicyclic amines) is 1. The van der Waals surface area contributed by atoms with E-state index in [1.165, 1.54) is 13.1 Å². The van der Waals surface area contributed by atoms with Crippen LogP contribution in [0.25, 0.3) is 28.1 Å². The molecule has 36 heavy (non-hydrogen) atoms. The van der Waals surface area contributed by atoms with Gasteiger partial charge in [0.25, 0.3) is 0 Å². The molecule has 0 unspecified atom stereocenters. The average Bonchev–Trinajstić information content (AvgIpc) is 3.50. The minimum atomic E-state index is -0.729. The predicted octanol–water partition coefficient (Wildman–Crippen LogP) is 1.92. The fourth-order valence-electron chi connectivity index (χ4n) is 4.42. The van der Waals surface area contributed by atoms with Crippen molar-refractivity contribution < 1.29 is 9.90 Å². The summed E-state index contributed by atoms with van der Waals surface area (Å²) in [5.74, 6) is 0.515. The summed E-state index contributed by atoms with van der Waals surface area (Å²) in [6, 6.07) is 5.57. The number of hydrogen-bond donors (Lipinski definition) is 2. The monoisotopic (exact) mass is 486 g/mol. The van der Waals surface area contributed by atoms with E-state index in [1.807, 2.05) is 19.9 Å². The van der Waals surface area contributed by atoms with Crippen LogP contribution in [0.3, 0.4) is 0 Å². The molecule has 0 aliphatic carbocycles. The van der Waals surface area contributed by atoms with Gasteiger partial charge in [-0.3, -0.25) is 4.79 Å². The molecule has 184 valence electrons. The Hall–Kier alpha value is -4.37. The molecule has 2 atom stereocenters. The molecule has 4 aromatic heterocycles. The molecule has 0 bridgehead atoms. The zero-order chi connectivity index (χ0) is 25.4. The highest BCUT2D eigenvalue weighted by Gasteiger charge is 2.31. The number of rotatable bonds is 5. The van der Waals surface area contributed by atoms with E-state index < -0.39 is 6.10 Å². The summed E-state index contributed by atoms with van der Waals surface area (Å²) in [7, 11) is 0. The molecule has 4 aromatic rings. The number of aromatic nitrogens is 7. The van der Waals surface area contributed by atoms with Gasteiger partial charge in [-0.05, 0) is 26.3 Å². The molecule has 2 N–H and O–H groups in total. The summed E-state index contributed by atoms with van der Waals surface area (Å²) in [6.45, 7) is 6.41. The van der Waals surface area contributed by atoms with Crippen molar-refractivity contribution in [2.45, 2.75) is 45.4 Å². The third kappa shape index (κ3) is 4.36. The smallest absolute Gasteiger partial charge is 0.219 e. The number of aliphatic hydroxyl groups excluding tert-OH is 1. The summed E-state index contributed by atoms with van der Waals surface area (Å²) in [5, 5.41) is 37.0. The number of nitrogens with one attached hydrogen (secondary N) is 1. The first-order valence-electron chi connectivity index (χ1n) is 11.7. The third-order valence-corrected chi connectivity index (χ3v) is 6.21. The quantitative estimate of drug-likeness (QED) is 0.431. The van der Waals surface area contributed by atoms with E-state index in [4.69, 9.17) is 5.26 Å². The van der Waals surface area contributed by atoms with E-state index in [9.17, 15) is 9.90 Å². The second kappa shape index (κ2) is 9.35. The van der Waals surface area contributed by atoms with Crippen molar-refractivity contribution >= 4 is 22.6 Å². The van der Waals surface area contributed by atoms with Crippen LogP contribution < -0.4 is 5.32 Å². The number of anilines is 1. The van der Waals surface area contributed by atoms with Gasteiger partial charge in [-0.1, -0.05) is 5.21 Å². The van der Waals surface area contributed by atoms with Crippen molar-refractivity contribution in [3.63, 3.8) is 0 Å². The number of piperidine rings is 1. The van der Waals surface area contributed by atoms with E-state index in [1.54, 1.807) is 38.9 Å². The van der Waals surface area contributed by atoms with Crippen molar-refractivity contribution in [1.82, 2.24) is 39.6 Å². The first-order valence-corrected chi connectivity index (χ1v) is 11.7. The Morgan fingerprint density at radius 2 is 2.08 bits per heavy atom. The van der Waals surface area contributed by atoms with E-state index in [2.05, 4.69) is 36.8 Å². The minimum Gasteiger partial charge on any atom is -0.389 e. The summed E-state index contributed by atoms with van der Waals surface area (Å²) in [4.78, 5) is 22.3. The van der Waals surface area contributed by atoms with E-state index in [0.717, 1.165) is 16.6 Å². The molecule has 0 radical (unpaired) electrons. The molecule has 12 heteroatoms. The molecule has 1 saturated heterocycles. The van der Waals surface area contributed by atoms with Crippen molar-refractivity contribution in [2.75, 3.05) is 18.4 Å². The molecule has 1 amide bonds. The Balaban J connectivity index is 1.47. The SMILES string of the molecule is CC(=O)N1CC[C@H](n2cc(-c3cnc(-n4ncc5cc(C#N)cnc54)cc3NC(C)C)nn2)[C@@H](O)C1. The zero-order valence-electron chi connectivity index (χ0n) is 20.2. The summed E-state index contributed by atoms with van der Waals surface area (Å²) in [5.41, 5.74) is 3.23. The topological polar surface area (TPSA) is 151 Å². The van der Waals surface area contributed by atoms with Gasteiger partial charge < -0.3 is 15.3 Å². The van der Waals surface area contributed by atoms with Crippen molar-refractivity contribution in [2.24, 2.45) is 0 Å². The Bertz CT molecular complexity index is 1470. The van der Waals surface area contributed by atoms with Crippen LogP contribution in [0.1, 0.15) is 38.8 Å². The molecule has 1 aliphatic heterocycles. The molecular formula is C24H26N10O2. The highest BCUT2D eigenvalue weighted by atomic mass is 16.3. The second-order valence-corrected chi connectivity index (χ2v) is 9.16. The number of pyridine rings is 2. The Kier molecular flexibility index (Phi) is 6.07. The van der Waals surface area contributed by atoms with E-state index in [-0.39, 0.29) is 24.5 Å². The minimum absolute atomic E-state index is 0.0481. The third-order valence-electron chi connectivity index (χ3n) is 6.21. The molecule has 12 nitrogen and oxygen atoms in total. The van der Waals surface area contributed by atoms with Gasteiger partial charge in [0.15, 0.2) is 11.5 Å². The number of nitriles is 1. The molecule has 0 spiro atoms. The number of amides is 1. The highest BCUT2D eigenvalue weighted by molar-refractivity contribution is 5.79. The van der Waals surface area contributed by atoms with Crippen LogP contribution in [0.4, 0.5) is 5.69 Å². The Labute approximate surface area is 207 Å². The van der Waals surface area contributed by atoms with Crippen LogP contribution in [0, 0.1) is 11.3 Å². The van der Waals surface area contributed by atoms with Crippen molar-refractivity contribution in [3.8, 4) is 23.1 Å². The number of aliphatic hydroxyl groups is 1. The Morgan fingerprint density at radius 1 is 1.25 bits per heavy atom. The molecule has 0 saturated carbocycles. The molecular weight excluding hydrogens is 460 g/mol. The van der Waals surface area contributed by atoms with Gasteiger partial charge in [-0.15, -0.1) is 5.10 Å². The normalized spacial score (nSPS) is 17.9. The summed E-state index contributed by atoms with van der Waals surface area (Å²) >= 11 is 0. The van der Waals surface area contributed by atoms with Gasteiger partial charge in [0.1, 0.15) is 11.8 Å². The molecule has 1 fully saturated rings. The van der Waals surface area contributed by atoms with Gasteiger partial charge in [0.05, 0.1) is 30.1 Å².